The van der Waals surface area contributed by atoms with Gasteiger partial charge in [-0.1, -0.05) is 35.2 Å². The van der Waals surface area contributed by atoms with Crippen molar-refractivity contribution in [1.29, 1.82) is 0 Å². The first-order valence-electron chi connectivity index (χ1n) is 5.75. The fourth-order valence-corrected chi connectivity index (χ4v) is 2.17. The van der Waals surface area contributed by atoms with Crippen molar-refractivity contribution in [3.8, 4) is 0 Å². The van der Waals surface area contributed by atoms with Crippen LogP contribution in [0.2, 0.25) is 0 Å². The van der Waals surface area contributed by atoms with Crippen LogP contribution in [0.3, 0.4) is 0 Å². The summed E-state index contributed by atoms with van der Waals surface area (Å²) in [5, 5.41) is 0. The van der Waals surface area contributed by atoms with E-state index < -0.39 is 16.0 Å². The molecule has 0 bridgehead atoms. The highest BCUT2D eigenvalue weighted by Crippen LogP contribution is 2.01. The first kappa shape index (κ1) is 15.6. The fraction of sp³-hybridized carbons (Fsp3) is 0.417. The predicted octanol–water partition coefficient (Wildman–Crippen LogP) is 0.991. The van der Waals surface area contributed by atoms with Gasteiger partial charge in [0.25, 0.3) is 0 Å². The highest BCUT2D eigenvalue weighted by atomic mass is 32.2. The number of carbonyl (C=O) groups excluding carboxylic acids is 1. The van der Waals surface area contributed by atoms with E-state index in [9.17, 15) is 13.2 Å². The molecule has 6 nitrogen and oxygen atoms in total. The highest BCUT2D eigenvalue weighted by Gasteiger charge is 2.11. The van der Waals surface area contributed by atoms with Gasteiger partial charge in [-0.2, -0.15) is 0 Å². The molecule has 0 heterocycles. The van der Waals surface area contributed by atoms with Crippen molar-refractivity contribution < 1.29 is 22.8 Å². The first-order valence-corrected chi connectivity index (χ1v) is 7.41. The predicted molar refractivity (Wildman–Crippen MR) is 69.4 cm³/mol. The number of rotatable bonds is 8. The van der Waals surface area contributed by atoms with Gasteiger partial charge in [0.2, 0.25) is 10.0 Å². The third kappa shape index (κ3) is 6.90. The van der Waals surface area contributed by atoms with E-state index in [0.717, 1.165) is 5.56 Å². The van der Waals surface area contributed by atoms with Gasteiger partial charge in [-0.25, -0.2) is 8.42 Å². The molecule has 1 N–H and O–H groups in total. The molecule has 0 saturated heterocycles. The lowest BCUT2D eigenvalue weighted by Crippen LogP contribution is -2.26. The molecule has 1 aromatic carbocycles. The van der Waals surface area contributed by atoms with Crippen LogP contribution in [0.25, 0.3) is 0 Å². The number of ether oxygens (including phenoxy) is 1. The van der Waals surface area contributed by atoms with E-state index in [1.54, 1.807) is 0 Å². The van der Waals surface area contributed by atoms with E-state index in [0.29, 0.717) is 0 Å². The molecule has 0 amide bonds. The second-order valence-electron chi connectivity index (χ2n) is 3.86. The number of hydrogen-bond acceptors (Lipinski definition) is 5. The molecule has 0 fully saturated rings. The molecule has 19 heavy (non-hydrogen) atoms. The minimum atomic E-state index is -3.54. The lowest BCUT2D eigenvalue weighted by Gasteiger charge is -2.06. The summed E-state index contributed by atoms with van der Waals surface area (Å²) in [6.07, 6.45) is 0.257. The standard InChI is InChI=1S/C12H17NO5S/c1-17-12(14)8-5-9-19(15,16)13-18-10-11-6-3-2-4-7-11/h2-4,6-7,13H,5,8-10H2,1H3. The first-order chi connectivity index (χ1) is 9.03. The molecule has 0 aromatic heterocycles. The number of hydrogen-bond donors (Lipinski definition) is 1. The van der Waals surface area contributed by atoms with Gasteiger partial charge < -0.3 is 4.74 Å². The Hall–Kier alpha value is -1.44. The van der Waals surface area contributed by atoms with Gasteiger partial charge >= 0.3 is 5.97 Å². The van der Waals surface area contributed by atoms with E-state index in [-0.39, 0.29) is 25.2 Å². The van der Waals surface area contributed by atoms with Crippen LogP contribution in [-0.2, 0) is 31.0 Å². The second-order valence-corrected chi connectivity index (χ2v) is 5.66. The van der Waals surface area contributed by atoms with Crippen molar-refractivity contribution in [1.82, 2.24) is 4.89 Å². The van der Waals surface area contributed by atoms with E-state index >= 15 is 0 Å². The van der Waals surface area contributed by atoms with Crippen molar-refractivity contribution in [2.75, 3.05) is 12.9 Å². The van der Waals surface area contributed by atoms with Gasteiger partial charge in [0, 0.05) is 6.42 Å². The Morgan fingerprint density at radius 2 is 1.95 bits per heavy atom. The highest BCUT2D eigenvalue weighted by molar-refractivity contribution is 7.89. The van der Waals surface area contributed by atoms with Crippen LogP contribution < -0.4 is 4.89 Å². The van der Waals surface area contributed by atoms with Gasteiger partial charge in [0.05, 0.1) is 19.5 Å². The van der Waals surface area contributed by atoms with Crippen LogP contribution in [0.1, 0.15) is 18.4 Å². The maximum Gasteiger partial charge on any atom is 0.305 e. The molecule has 106 valence electrons. The molecular weight excluding hydrogens is 270 g/mol. The quantitative estimate of drug-likeness (QED) is 0.569. The molecule has 1 aromatic rings. The van der Waals surface area contributed by atoms with Crippen LogP contribution in [0.4, 0.5) is 0 Å². The molecule has 7 heteroatoms. The number of methoxy groups -OCH3 is 1. The average molecular weight is 287 g/mol. The van der Waals surface area contributed by atoms with Crippen LogP contribution in [0.5, 0.6) is 0 Å². The summed E-state index contributed by atoms with van der Waals surface area (Å²) >= 11 is 0. The Morgan fingerprint density at radius 3 is 2.58 bits per heavy atom. The van der Waals surface area contributed by atoms with Crippen molar-refractivity contribution in [2.45, 2.75) is 19.4 Å². The fourth-order valence-electron chi connectivity index (χ4n) is 1.33. The molecule has 1 rings (SSSR count). The molecule has 0 saturated carbocycles. The molecule has 0 unspecified atom stereocenters. The van der Waals surface area contributed by atoms with E-state index in [1.165, 1.54) is 7.11 Å². The topological polar surface area (TPSA) is 81.7 Å². The molecule has 0 aliphatic carbocycles. The Labute approximate surface area is 112 Å². The maximum atomic E-state index is 11.5. The Kier molecular flexibility index (Phi) is 6.48. The molecule has 0 aliphatic heterocycles. The molecule has 0 aliphatic rings. The smallest absolute Gasteiger partial charge is 0.305 e. The third-order valence-corrected chi connectivity index (χ3v) is 3.49. The number of sulfonamides is 1. The monoisotopic (exact) mass is 287 g/mol. The van der Waals surface area contributed by atoms with Crippen LogP contribution in [-0.4, -0.2) is 27.2 Å². The second kappa shape index (κ2) is 7.88. The largest absolute Gasteiger partial charge is 0.469 e. The summed E-state index contributed by atoms with van der Waals surface area (Å²) in [5.74, 6) is -0.614. The van der Waals surface area contributed by atoms with E-state index in [2.05, 4.69) is 4.74 Å². The van der Waals surface area contributed by atoms with Crippen molar-refractivity contribution in [2.24, 2.45) is 0 Å². The number of nitrogens with one attached hydrogen (secondary N) is 1. The minimum Gasteiger partial charge on any atom is -0.469 e. The summed E-state index contributed by atoms with van der Waals surface area (Å²) in [4.78, 5) is 17.8. The zero-order valence-corrected chi connectivity index (χ0v) is 11.5. The summed E-state index contributed by atoms with van der Waals surface area (Å²) in [6, 6.07) is 9.19. The summed E-state index contributed by atoms with van der Waals surface area (Å²) in [6.45, 7) is 0.150. The van der Waals surface area contributed by atoms with E-state index in [1.807, 2.05) is 35.2 Å². The van der Waals surface area contributed by atoms with Gasteiger partial charge in [0.15, 0.2) is 0 Å². The Bertz CT molecular complexity index is 486. The molecular formula is C12H17NO5S. The SMILES string of the molecule is COC(=O)CCCS(=O)(=O)NOCc1ccccc1. The Balaban J connectivity index is 2.25. The maximum absolute atomic E-state index is 11.5. The van der Waals surface area contributed by atoms with E-state index in [4.69, 9.17) is 4.84 Å². The van der Waals surface area contributed by atoms with Gasteiger partial charge in [0.1, 0.15) is 0 Å². The normalized spacial score (nSPS) is 11.2. The van der Waals surface area contributed by atoms with Crippen LogP contribution >= 0.6 is 0 Å². The Morgan fingerprint density at radius 1 is 1.26 bits per heavy atom. The molecule has 0 radical (unpaired) electrons. The van der Waals surface area contributed by atoms with Crippen molar-refractivity contribution >= 4 is 16.0 Å². The molecule has 0 spiro atoms. The minimum absolute atomic E-state index is 0.0656. The van der Waals surface area contributed by atoms with Gasteiger partial charge in [-0.05, 0) is 12.0 Å². The zero-order chi connectivity index (χ0) is 14.1. The molecule has 0 atom stereocenters. The summed E-state index contributed by atoms with van der Waals surface area (Å²) in [5.41, 5.74) is 0.861. The van der Waals surface area contributed by atoms with Gasteiger partial charge in [-0.15, -0.1) is 0 Å². The zero-order valence-electron chi connectivity index (χ0n) is 10.7. The summed E-state index contributed by atoms with van der Waals surface area (Å²) < 4.78 is 27.4. The number of esters is 1. The third-order valence-electron chi connectivity index (χ3n) is 2.29. The van der Waals surface area contributed by atoms with Crippen LogP contribution in [0.15, 0.2) is 30.3 Å². The number of carbonyl (C=O) groups is 1. The van der Waals surface area contributed by atoms with Crippen molar-refractivity contribution in [3.63, 3.8) is 0 Å². The summed E-state index contributed by atoms with van der Waals surface area (Å²) in [7, 11) is -2.27. The van der Waals surface area contributed by atoms with Crippen LogP contribution in [0, 0.1) is 0 Å². The van der Waals surface area contributed by atoms with Crippen molar-refractivity contribution in [3.05, 3.63) is 35.9 Å². The lowest BCUT2D eigenvalue weighted by molar-refractivity contribution is -0.140. The number of benzene rings is 1. The average Bonchev–Trinajstić information content (AvgIpc) is 2.39. The lowest BCUT2D eigenvalue weighted by atomic mass is 10.2. The van der Waals surface area contributed by atoms with Gasteiger partial charge in [-0.3, -0.25) is 9.63 Å².